The van der Waals surface area contributed by atoms with E-state index in [0.29, 0.717) is 5.56 Å². The van der Waals surface area contributed by atoms with Crippen LogP contribution in [0.5, 0.6) is 0 Å². The van der Waals surface area contributed by atoms with E-state index < -0.39 is 18.1 Å². The molecule has 0 aliphatic rings. The first kappa shape index (κ1) is 15.6. The highest BCUT2D eigenvalue weighted by molar-refractivity contribution is 5.81. The van der Waals surface area contributed by atoms with Crippen molar-refractivity contribution < 1.29 is 19.4 Å². The summed E-state index contributed by atoms with van der Waals surface area (Å²) in [5, 5.41) is 11.6. The van der Waals surface area contributed by atoms with E-state index >= 15 is 0 Å². The lowest BCUT2D eigenvalue weighted by Gasteiger charge is -2.15. The van der Waals surface area contributed by atoms with E-state index in [1.165, 1.54) is 0 Å². The monoisotopic (exact) mass is 299 g/mol. The lowest BCUT2D eigenvalue weighted by molar-refractivity contribution is -0.139. The van der Waals surface area contributed by atoms with Gasteiger partial charge in [0.1, 0.15) is 6.61 Å². The number of hydrogen-bond donors (Lipinski definition) is 2. The van der Waals surface area contributed by atoms with Gasteiger partial charge in [-0.2, -0.15) is 0 Å². The number of carbonyl (C=O) groups is 2. The van der Waals surface area contributed by atoms with Crippen LogP contribution in [0.25, 0.3) is 0 Å². The number of rotatable bonds is 5. The molecule has 2 aromatic carbocycles. The Hall–Kier alpha value is -2.82. The fraction of sp³-hybridized carbons (Fsp3) is 0.176. The smallest absolute Gasteiger partial charge is 0.408 e. The van der Waals surface area contributed by atoms with Crippen molar-refractivity contribution >= 4 is 12.1 Å². The van der Waals surface area contributed by atoms with E-state index in [2.05, 4.69) is 5.32 Å². The van der Waals surface area contributed by atoms with Crippen LogP contribution in [0.3, 0.4) is 0 Å². The first-order chi connectivity index (χ1) is 10.6. The van der Waals surface area contributed by atoms with Crippen LogP contribution in [-0.2, 0) is 16.1 Å². The standard InChI is InChI=1S/C17H17NO4/c1-12-7-9-14(10-8-12)15(16(19)20)18-17(21)22-11-13-5-3-2-4-6-13/h2-10,15H,11H2,1H3,(H,18,21)(H,19,20). The predicted octanol–water partition coefficient (Wildman–Crippen LogP) is 3.05. The second-order valence-electron chi connectivity index (χ2n) is 4.89. The normalized spacial score (nSPS) is 11.5. The van der Waals surface area contributed by atoms with E-state index in [4.69, 9.17) is 4.74 Å². The van der Waals surface area contributed by atoms with E-state index in [9.17, 15) is 14.7 Å². The van der Waals surface area contributed by atoms with E-state index in [1.54, 1.807) is 24.3 Å². The molecule has 0 aliphatic heterocycles. The van der Waals surface area contributed by atoms with Crippen LogP contribution in [0.2, 0.25) is 0 Å². The molecule has 1 atom stereocenters. The largest absolute Gasteiger partial charge is 0.479 e. The third-order valence-corrected chi connectivity index (χ3v) is 3.13. The Balaban J connectivity index is 1.97. The molecule has 0 saturated heterocycles. The second-order valence-corrected chi connectivity index (χ2v) is 4.89. The molecule has 5 nitrogen and oxygen atoms in total. The average Bonchev–Trinajstić information content (AvgIpc) is 2.52. The van der Waals surface area contributed by atoms with Crippen LogP contribution < -0.4 is 5.32 Å². The highest BCUT2D eigenvalue weighted by Gasteiger charge is 2.22. The molecule has 2 rings (SSSR count). The van der Waals surface area contributed by atoms with Gasteiger partial charge < -0.3 is 15.2 Å². The summed E-state index contributed by atoms with van der Waals surface area (Å²) in [5.74, 6) is -1.14. The van der Waals surface area contributed by atoms with Gasteiger partial charge in [-0.15, -0.1) is 0 Å². The SMILES string of the molecule is Cc1ccc(C(NC(=O)OCc2ccccc2)C(=O)O)cc1. The summed E-state index contributed by atoms with van der Waals surface area (Å²) < 4.78 is 5.04. The van der Waals surface area contributed by atoms with Gasteiger partial charge in [0.15, 0.2) is 6.04 Å². The van der Waals surface area contributed by atoms with Crippen molar-refractivity contribution in [3.8, 4) is 0 Å². The quantitative estimate of drug-likeness (QED) is 0.889. The lowest BCUT2D eigenvalue weighted by atomic mass is 10.1. The molecule has 5 heteroatoms. The number of hydrogen-bond acceptors (Lipinski definition) is 3. The molecule has 0 bridgehead atoms. The number of nitrogens with one attached hydrogen (secondary N) is 1. The molecule has 0 saturated carbocycles. The van der Waals surface area contributed by atoms with Gasteiger partial charge in [0, 0.05) is 0 Å². The Labute approximate surface area is 128 Å². The second kappa shape index (κ2) is 7.26. The maximum Gasteiger partial charge on any atom is 0.408 e. The molecule has 2 aromatic rings. The zero-order valence-corrected chi connectivity index (χ0v) is 12.2. The van der Waals surface area contributed by atoms with Crippen molar-refractivity contribution in [2.45, 2.75) is 19.6 Å². The van der Waals surface area contributed by atoms with Gasteiger partial charge in [-0.25, -0.2) is 9.59 Å². The zero-order chi connectivity index (χ0) is 15.9. The molecule has 0 spiro atoms. The Morgan fingerprint density at radius 3 is 2.32 bits per heavy atom. The van der Waals surface area contributed by atoms with Crippen molar-refractivity contribution in [2.75, 3.05) is 0 Å². The zero-order valence-electron chi connectivity index (χ0n) is 12.2. The minimum absolute atomic E-state index is 0.0902. The molecule has 2 N–H and O–H groups in total. The fourth-order valence-corrected chi connectivity index (χ4v) is 1.93. The van der Waals surface area contributed by atoms with Crippen LogP contribution in [0.15, 0.2) is 54.6 Å². The van der Waals surface area contributed by atoms with Gasteiger partial charge in [0.25, 0.3) is 0 Å². The van der Waals surface area contributed by atoms with Crippen molar-refractivity contribution in [3.05, 3.63) is 71.3 Å². The lowest BCUT2D eigenvalue weighted by Crippen LogP contribution is -2.34. The number of aliphatic carboxylic acids is 1. The topological polar surface area (TPSA) is 75.6 Å². The third-order valence-electron chi connectivity index (χ3n) is 3.13. The molecule has 1 unspecified atom stereocenters. The molecular weight excluding hydrogens is 282 g/mol. The third kappa shape index (κ3) is 4.34. The van der Waals surface area contributed by atoms with Gasteiger partial charge in [0.2, 0.25) is 0 Å². The van der Waals surface area contributed by atoms with Crippen LogP contribution in [0.1, 0.15) is 22.7 Å². The summed E-state index contributed by atoms with van der Waals surface area (Å²) >= 11 is 0. The Kier molecular flexibility index (Phi) is 5.14. The van der Waals surface area contributed by atoms with Crippen molar-refractivity contribution in [1.82, 2.24) is 5.32 Å². The fourth-order valence-electron chi connectivity index (χ4n) is 1.93. The van der Waals surface area contributed by atoms with Gasteiger partial charge in [-0.3, -0.25) is 0 Å². The number of carbonyl (C=O) groups excluding carboxylic acids is 1. The van der Waals surface area contributed by atoms with Gasteiger partial charge in [-0.05, 0) is 18.1 Å². The van der Waals surface area contributed by atoms with Gasteiger partial charge in [0.05, 0.1) is 0 Å². The minimum atomic E-state index is -1.14. The molecule has 0 aliphatic carbocycles. The minimum Gasteiger partial charge on any atom is -0.479 e. The van der Waals surface area contributed by atoms with E-state index in [-0.39, 0.29) is 6.61 Å². The summed E-state index contributed by atoms with van der Waals surface area (Å²) in [5.41, 5.74) is 2.34. The maximum atomic E-state index is 11.8. The van der Waals surface area contributed by atoms with Gasteiger partial charge in [-0.1, -0.05) is 60.2 Å². The Morgan fingerprint density at radius 1 is 1.09 bits per heavy atom. The molecule has 0 heterocycles. The molecule has 0 aromatic heterocycles. The first-order valence-corrected chi connectivity index (χ1v) is 6.83. The van der Waals surface area contributed by atoms with Gasteiger partial charge >= 0.3 is 12.1 Å². The average molecular weight is 299 g/mol. The molecule has 114 valence electrons. The van der Waals surface area contributed by atoms with Crippen molar-refractivity contribution in [3.63, 3.8) is 0 Å². The van der Waals surface area contributed by atoms with E-state index in [0.717, 1.165) is 11.1 Å². The van der Waals surface area contributed by atoms with Crippen LogP contribution in [-0.4, -0.2) is 17.2 Å². The Bertz CT molecular complexity index is 637. The number of amides is 1. The Morgan fingerprint density at radius 2 is 1.73 bits per heavy atom. The maximum absolute atomic E-state index is 11.8. The summed E-state index contributed by atoms with van der Waals surface area (Å²) in [4.78, 5) is 23.1. The first-order valence-electron chi connectivity index (χ1n) is 6.83. The molecule has 0 radical (unpaired) electrons. The number of alkyl carbamates (subject to hydrolysis) is 1. The number of carboxylic acid groups (broad SMARTS) is 1. The number of aryl methyl sites for hydroxylation is 1. The highest BCUT2D eigenvalue weighted by Crippen LogP contribution is 2.14. The van der Waals surface area contributed by atoms with Crippen molar-refractivity contribution in [1.29, 1.82) is 0 Å². The highest BCUT2D eigenvalue weighted by atomic mass is 16.5. The number of benzene rings is 2. The number of carboxylic acids is 1. The molecule has 22 heavy (non-hydrogen) atoms. The molecule has 1 amide bonds. The predicted molar refractivity (Wildman–Crippen MR) is 81.3 cm³/mol. The summed E-state index contributed by atoms with van der Waals surface area (Å²) in [6.45, 7) is 1.99. The van der Waals surface area contributed by atoms with Crippen molar-refractivity contribution in [2.24, 2.45) is 0 Å². The van der Waals surface area contributed by atoms with Crippen LogP contribution in [0, 0.1) is 6.92 Å². The molecular formula is C17H17NO4. The number of ether oxygens (including phenoxy) is 1. The van der Waals surface area contributed by atoms with E-state index in [1.807, 2.05) is 37.3 Å². The summed E-state index contributed by atoms with van der Waals surface area (Å²) in [7, 11) is 0. The molecule has 0 fully saturated rings. The van der Waals surface area contributed by atoms with Crippen LogP contribution >= 0.6 is 0 Å². The summed E-state index contributed by atoms with van der Waals surface area (Å²) in [6, 6.07) is 15.0. The van der Waals surface area contributed by atoms with Crippen LogP contribution in [0.4, 0.5) is 4.79 Å². The summed E-state index contributed by atoms with van der Waals surface area (Å²) in [6.07, 6.45) is -0.767.